The van der Waals surface area contributed by atoms with Gasteiger partial charge in [-0.3, -0.25) is 0 Å². The van der Waals surface area contributed by atoms with Crippen molar-refractivity contribution in [3.63, 3.8) is 0 Å². The zero-order valence-corrected chi connectivity index (χ0v) is 11.5. The first-order chi connectivity index (χ1) is 7.66. The number of primary sulfonamides is 1. The molecule has 102 valence electrons. The van der Waals surface area contributed by atoms with Gasteiger partial charge in [-0.15, -0.1) is 0 Å². The van der Waals surface area contributed by atoms with E-state index in [4.69, 9.17) is 9.88 Å². The van der Waals surface area contributed by atoms with Crippen molar-refractivity contribution in [1.29, 1.82) is 0 Å². The van der Waals surface area contributed by atoms with E-state index in [1.807, 2.05) is 0 Å². The molecular formula is C10H22N2O4S. The highest BCUT2D eigenvalue weighted by Gasteiger charge is 2.28. The fourth-order valence-corrected chi connectivity index (χ4v) is 2.39. The maximum atomic E-state index is 11.3. The summed E-state index contributed by atoms with van der Waals surface area (Å²) in [6.45, 7) is 5.59. The second kappa shape index (κ2) is 6.80. The van der Waals surface area contributed by atoms with Gasteiger partial charge in [0.05, 0.1) is 0 Å². The van der Waals surface area contributed by atoms with Crippen LogP contribution >= 0.6 is 0 Å². The number of unbranched alkanes of at least 4 members (excludes halogenated alkanes) is 2. The van der Waals surface area contributed by atoms with E-state index in [-0.39, 0.29) is 0 Å². The van der Waals surface area contributed by atoms with Gasteiger partial charge < -0.3 is 10.1 Å². The maximum Gasteiger partial charge on any atom is 0.407 e. The van der Waals surface area contributed by atoms with Crippen molar-refractivity contribution < 1.29 is 17.9 Å². The molecule has 0 radical (unpaired) electrons. The Bertz CT molecular complexity index is 338. The minimum Gasteiger partial charge on any atom is -0.442 e. The molecule has 0 aromatic heterocycles. The molecule has 0 saturated heterocycles. The summed E-state index contributed by atoms with van der Waals surface area (Å²) in [5.41, 5.74) is -1.12. The highest BCUT2D eigenvalue weighted by molar-refractivity contribution is 7.89. The van der Waals surface area contributed by atoms with Crippen LogP contribution in [-0.4, -0.2) is 32.4 Å². The van der Waals surface area contributed by atoms with E-state index in [2.05, 4.69) is 12.2 Å². The molecule has 0 aliphatic heterocycles. The Morgan fingerprint density at radius 1 is 1.35 bits per heavy atom. The van der Waals surface area contributed by atoms with Crippen molar-refractivity contribution >= 4 is 16.1 Å². The van der Waals surface area contributed by atoms with Crippen molar-refractivity contribution in [3.8, 4) is 0 Å². The highest BCUT2D eigenvalue weighted by Crippen LogP contribution is 2.11. The fraction of sp³-hybridized carbons (Fsp3) is 0.900. The van der Waals surface area contributed by atoms with Crippen LogP contribution in [0.2, 0.25) is 0 Å². The largest absolute Gasteiger partial charge is 0.442 e. The van der Waals surface area contributed by atoms with Gasteiger partial charge in [-0.25, -0.2) is 18.4 Å². The Kier molecular flexibility index (Phi) is 6.48. The predicted molar refractivity (Wildman–Crippen MR) is 66.1 cm³/mol. The summed E-state index contributed by atoms with van der Waals surface area (Å²) < 4.78 is 26.8. The fourth-order valence-electron chi connectivity index (χ4n) is 1.37. The van der Waals surface area contributed by atoms with Gasteiger partial charge in [0, 0.05) is 6.54 Å². The topological polar surface area (TPSA) is 98.5 Å². The molecule has 1 amide bonds. The number of hydrogen-bond acceptors (Lipinski definition) is 4. The zero-order valence-electron chi connectivity index (χ0n) is 10.7. The number of carbonyl (C=O) groups is 1. The third kappa shape index (κ3) is 10.1. The standard InChI is InChI=1S/C10H22N2O4S/c1-4-5-6-7-12-9(13)16-10(2,3)8-17(11,14)15/h4-8H2,1-3H3,(H,12,13)(H2,11,14,15). The Labute approximate surface area is 103 Å². The van der Waals surface area contributed by atoms with Crippen LogP contribution in [-0.2, 0) is 14.8 Å². The average Bonchev–Trinajstić information content (AvgIpc) is 2.07. The molecule has 0 rings (SSSR count). The average molecular weight is 266 g/mol. The number of nitrogens with one attached hydrogen (secondary N) is 1. The summed E-state index contributed by atoms with van der Waals surface area (Å²) >= 11 is 0. The van der Waals surface area contributed by atoms with Crippen LogP contribution in [0.1, 0.15) is 40.0 Å². The molecule has 0 aliphatic rings. The number of carbonyl (C=O) groups excluding carboxylic acids is 1. The molecule has 0 aromatic carbocycles. The molecule has 17 heavy (non-hydrogen) atoms. The number of amides is 1. The summed E-state index contributed by atoms with van der Waals surface area (Å²) in [4.78, 5) is 11.3. The van der Waals surface area contributed by atoms with Gasteiger partial charge in [0.15, 0.2) is 0 Å². The van der Waals surface area contributed by atoms with Gasteiger partial charge >= 0.3 is 6.09 Å². The molecule has 0 fully saturated rings. The van der Waals surface area contributed by atoms with Crippen LogP contribution in [0.4, 0.5) is 4.79 Å². The lowest BCUT2D eigenvalue weighted by atomic mass is 10.2. The lowest BCUT2D eigenvalue weighted by Crippen LogP contribution is -2.41. The molecule has 0 aromatic rings. The van der Waals surface area contributed by atoms with Crippen LogP contribution in [0, 0.1) is 0 Å². The van der Waals surface area contributed by atoms with E-state index in [0.717, 1.165) is 19.3 Å². The Hall–Kier alpha value is -0.820. The monoisotopic (exact) mass is 266 g/mol. The van der Waals surface area contributed by atoms with E-state index in [1.54, 1.807) is 0 Å². The highest BCUT2D eigenvalue weighted by atomic mass is 32.2. The first-order valence-electron chi connectivity index (χ1n) is 5.63. The van der Waals surface area contributed by atoms with Crippen molar-refractivity contribution in [3.05, 3.63) is 0 Å². The van der Waals surface area contributed by atoms with E-state index >= 15 is 0 Å². The second-order valence-electron chi connectivity index (χ2n) is 4.59. The molecule has 0 heterocycles. The quantitative estimate of drug-likeness (QED) is 0.671. The van der Waals surface area contributed by atoms with Gasteiger partial charge in [-0.05, 0) is 20.3 Å². The predicted octanol–water partition coefficient (Wildman–Crippen LogP) is 0.970. The minimum absolute atomic E-state index is 0.400. The lowest BCUT2D eigenvalue weighted by Gasteiger charge is -2.23. The summed E-state index contributed by atoms with van der Waals surface area (Å²) in [6, 6.07) is 0. The van der Waals surface area contributed by atoms with E-state index in [9.17, 15) is 13.2 Å². The number of nitrogens with two attached hydrogens (primary N) is 1. The van der Waals surface area contributed by atoms with Crippen molar-refractivity contribution in [2.75, 3.05) is 12.3 Å². The Balaban J connectivity index is 4.01. The lowest BCUT2D eigenvalue weighted by molar-refractivity contribution is 0.0549. The normalized spacial score (nSPS) is 12.2. The smallest absolute Gasteiger partial charge is 0.407 e. The van der Waals surface area contributed by atoms with E-state index in [1.165, 1.54) is 13.8 Å². The number of rotatable bonds is 7. The summed E-state index contributed by atoms with van der Waals surface area (Å²) in [7, 11) is -3.66. The van der Waals surface area contributed by atoms with Crippen LogP contribution in [0.25, 0.3) is 0 Å². The van der Waals surface area contributed by atoms with Crippen molar-refractivity contribution in [1.82, 2.24) is 5.32 Å². The van der Waals surface area contributed by atoms with Gasteiger partial charge in [0.2, 0.25) is 10.0 Å². The zero-order chi connectivity index (χ0) is 13.5. The maximum absolute atomic E-state index is 11.3. The molecular weight excluding hydrogens is 244 g/mol. The minimum atomic E-state index is -3.66. The molecule has 0 bridgehead atoms. The van der Waals surface area contributed by atoms with Gasteiger partial charge in [0.25, 0.3) is 0 Å². The van der Waals surface area contributed by atoms with Gasteiger partial charge in [-0.2, -0.15) is 0 Å². The van der Waals surface area contributed by atoms with Gasteiger partial charge in [0.1, 0.15) is 11.4 Å². The molecule has 0 atom stereocenters. The van der Waals surface area contributed by atoms with Crippen molar-refractivity contribution in [2.24, 2.45) is 5.14 Å². The molecule has 0 spiro atoms. The number of sulfonamides is 1. The van der Waals surface area contributed by atoms with Crippen LogP contribution in [0.3, 0.4) is 0 Å². The van der Waals surface area contributed by atoms with E-state index in [0.29, 0.717) is 6.54 Å². The number of ether oxygens (including phenoxy) is 1. The van der Waals surface area contributed by atoms with Crippen LogP contribution in [0.5, 0.6) is 0 Å². The molecule has 0 aliphatic carbocycles. The molecule has 3 N–H and O–H groups in total. The summed E-state index contributed by atoms with van der Waals surface area (Å²) in [5, 5.41) is 7.46. The molecule has 7 heteroatoms. The third-order valence-electron chi connectivity index (χ3n) is 1.97. The Morgan fingerprint density at radius 3 is 2.41 bits per heavy atom. The number of hydrogen-bond donors (Lipinski definition) is 2. The summed E-state index contributed by atoms with van der Waals surface area (Å²) in [6.07, 6.45) is 2.35. The van der Waals surface area contributed by atoms with Crippen LogP contribution < -0.4 is 10.5 Å². The summed E-state index contributed by atoms with van der Waals surface area (Å²) in [5.74, 6) is -0.400. The first-order valence-corrected chi connectivity index (χ1v) is 7.35. The molecule has 0 saturated carbocycles. The van der Waals surface area contributed by atoms with E-state index < -0.39 is 27.5 Å². The van der Waals surface area contributed by atoms with Crippen molar-refractivity contribution in [2.45, 2.75) is 45.6 Å². The first kappa shape index (κ1) is 16.2. The second-order valence-corrected chi connectivity index (χ2v) is 6.20. The molecule has 0 unspecified atom stereocenters. The Morgan fingerprint density at radius 2 is 1.94 bits per heavy atom. The van der Waals surface area contributed by atoms with Crippen LogP contribution in [0.15, 0.2) is 0 Å². The SMILES string of the molecule is CCCCCNC(=O)OC(C)(C)CS(N)(=O)=O. The molecule has 6 nitrogen and oxygen atoms in total. The third-order valence-corrected chi connectivity index (χ3v) is 3.07. The van der Waals surface area contributed by atoms with Gasteiger partial charge in [-0.1, -0.05) is 19.8 Å². The number of alkyl carbamates (subject to hydrolysis) is 1.